The van der Waals surface area contributed by atoms with Crippen molar-refractivity contribution in [1.82, 2.24) is 14.9 Å². The zero-order valence-electron chi connectivity index (χ0n) is 14.5. The fourth-order valence-electron chi connectivity index (χ4n) is 2.86. The number of para-hydroxylation sites is 2. The van der Waals surface area contributed by atoms with Gasteiger partial charge in [-0.1, -0.05) is 49.0 Å². The molecule has 0 aliphatic rings. The molecular formula is C21H23N3O. The van der Waals surface area contributed by atoms with Crippen LogP contribution in [0.25, 0.3) is 11.0 Å². The maximum Gasteiger partial charge on any atom is 0.246 e. The number of nitrogens with one attached hydrogen (secondary N) is 1. The van der Waals surface area contributed by atoms with Gasteiger partial charge in [-0.05, 0) is 31.0 Å². The Morgan fingerprint density at radius 3 is 2.60 bits per heavy atom. The molecule has 0 fully saturated rings. The molecule has 4 heteroatoms. The lowest BCUT2D eigenvalue weighted by Gasteiger charge is -2.10. The molecule has 3 aromatic rings. The number of imidazole rings is 1. The van der Waals surface area contributed by atoms with Gasteiger partial charge in [-0.25, -0.2) is 4.98 Å². The largest absolute Gasteiger partial charge is 0.352 e. The fraction of sp³-hybridized carbons (Fsp3) is 0.238. The number of aryl methyl sites for hydroxylation is 1. The molecule has 0 radical (unpaired) electrons. The van der Waals surface area contributed by atoms with Gasteiger partial charge in [0.1, 0.15) is 5.82 Å². The van der Waals surface area contributed by atoms with E-state index in [0.29, 0.717) is 12.1 Å². The maximum atomic E-state index is 11.6. The lowest BCUT2D eigenvalue weighted by atomic mass is 10.2. The van der Waals surface area contributed by atoms with E-state index in [1.165, 1.54) is 5.56 Å². The van der Waals surface area contributed by atoms with E-state index >= 15 is 0 Å². The van der Waals surface area contributed by atoms with Gasteiger partial charge in [0.25, 0.3) is 0 Å². The van der Waals surface area contributed by atoms with Crippen LogP contribution in [0.1, 0.15) is 24.7 Å². The van der Waals surface area contributed by atoms with E-state index in [0.717, 1.165) is 36.2 Å². The second kappa shape index (κ2) is 7.79. The van der Waals surface area contributed by atoms with Crippen LogP contribution in [0, 0.1) is 0 Å². The highest BCUT2D eigenvalue weighted by atomic mass is 16.1. The molecule has 1 N–H and O–H groups in total. The van der Waals surface area contributed by atoms with Gasteiger partial charge in [0.05, 0.1) is 11.0 Å². The smallest absolute Gasteiger partial charge is 0.246 e. The van der Waals surface area contributed by atoms with E-state index in [-0.39, 0.29) is 5.91 Å². The Balaban J connectivity index is 1.76. The minimum absolute atomic E-state index is 0.0854. The van der Waals surface area contributed by atoms with Gasteiger partial charge in [-0.2, -0.15) is 0 Å². The predicted octanol–water partition coefficient (Wildman–Crippen LogP) is 3.71. The van der Waals surface area contributed by atoms with E-state index in [4.69, 9.17) is 4.98 Å². The van der Waals surface area contributed by atoms with Crippen molar-refractivity contribution in [3.8, 4) is 0 Å². The Morgan fingerprint density at radius 1 is 1.12 bits per heavy atom. The number of hydrogen-bond donors (Lipinski definition) is 1. The van der Waals surface area contributed by atoms with Crippen molar-refractivity contribution in [1.29, 1.82) is 0 Å². The average molecular weight is 333 g/mol. The minimum Gasteiger partial charge on any atom is -0.352 e. The molecule has 3 rings (SSSR count). The molecule has 128 valence electrons. The minimum atomic E-state index is -0.0854. The Hall–Kier alpha value is -2.88. The lowest BCUT2D eigenvalue weighted by molar-refractivity contribution is -0.117. The maximum absolute atomic E-state index is 11.6. The first-order valence-electron chi connectivity index (χ1n) is 8.57. The first-order valence-corrected chi connectivity index (χ1v) is 8.57. The second-order valence-electron chi connectivity index (χ2n) is 6.23. The molecule has 1 heterocycles. The van der Waals surface area contributed by atoms with Crippen molar-refractivity contribution in [2.75, 3.05) is 6.54 Å². The van der Waals surface area contributed by atoms with E-state index in [2.05, 4.69) is 46.8 Å². The van der Waals surface area contributed by atoms with Crippen molar-refractivity contribution < 1.29 is 4.79 Å². The molecule has 1 amide bonds. The molecule has 0 aliphatic heterocycles. The summed E-state index contributed by atoms with van der Waals surface area (Å²) in [4.78, 5) is 16.4. The van der Waals surface area contributed by atoms with Crippen molar-refractivity contribution in [2.45, 2.75) is 26.3 Å². The van der Waals surface area contributed by atoms with Crippen LogP contribution < -0.4 is 5.32 Å². The van der Waals surface area contributed by atoms with E-state index in [9.17, 15) is 4.79 Å². The zero-order chi connectivity index (χ0) is 17.6. The Labute approximate surface area is 148 Å². The summed E-state index contributed by atoms with van der Waals surface area (Å²) < 4.78 is 2.27. The average Bonchev–Trinajstić information content (AvgIpc) is 2.97. The first kappa shape index (κ1) is 17.0. The molecule has 0 aliphatic carbocycles. The lowest BCUT2D eigenvalue weighted by Crippen LogP contribution is -2.25. The highest BCUT2D eigenvalue weighted by molar-refractivity contribution is 5.92. The molecule has 0 bridgehead atoms. The summed E-state index contributed by atoms with van der Waals surface area (Å²) in [6, 6.07) is 18.6. The summed E-state index contributed by atoms with van der Waals surface area (Å²) in [6.45, 7) is 6.80. The second-order valence-corrected chi connectivity index (χ2v) is 6.23. The molecule has 0 spiro atoms. The van der Waals surface area contributed by atoms with Gasteiger partial charge in [-0.15, -0.1) is 0 Å². The van der Waals surface area contributed by atoms with Crippen molar-refractivity contribution in [3.05, 3.63) is 78.1 Å². The third-order valence-electron chi connectivity index (χ3n) is 4.17. The number of benzene rings is 2. The highest BCUT2D eigenvalue weighted by Crippen LogP contribution is 2.19. The molecular weight excluding hydrogens is 310 g/mol. The summed E-state index contributed by atoms with van der Waals surface area (Å²) in [5.41, 5.74) is 3.95. The molecule has 0 saturated heterocycles. The SMILES string of the molecule is C=C(C)C(=O)NCCCc1nc2ccccc2n1Cc1ccccc1. The Bertz CT molecular complexity index is 881. The summed E-state index contributed by atoms with van der Waals surface area (Å²) >= 11 is 0. The standard InChI is InChI=1S/C21H23N3O/c1-16(2)21(25)22-14-8-13-20-23-18-11-6-7-12-19(18)24(20)15-17-9-4-3-5-10-17/h3-7,9-12H,1,8,13-15H2,2H3,(H,22,25). The molecule has 0 saturated carbocycles. The van der Waals surface area contributed by atoms with Crippen molar-refractivity contribution in [2.24, 2.45) is 0 Å². The van der Waals surface area contributed by atoms with Crippen molar-refractivity contribution >= 4 is 16.9 Å². The highest BCUT2D eigenvalue weighted by Gasteiger charge is 2.11. The van der Waals surface area contributed by atoms with E-state index in [1.807, 2.05) is 24.3 Å². The zero-order valence-corrected chi connectivity index (χ0v) is 14.5. The number of fused-ring (bicyclic) bond motifs is 1. The topological polar surface area (TPSA) is 46.9 Å². The predicted molar refractivity (Wildman–Crippen MR) is 101 cm³/mol. The first-order chi connectivity index (χ1) is 12.1. The molecule has 1 aromatic heterocycles. The number of carbonyl (C=O) groups is 1. The summed E-state index contributed by atoms with van der Waals surface area (Å²) in [5.74, 6) is 0.965. The van der Waals surface area contributed by atoms with Gasteiger partial charge in [0, 0.05) is 25.1 Å². The van der Waals surface area contributed by atoms with Crippen LogP contribution in [0.15, 0.2) is 66.7 Å². The number of hydrogen-bond acceptors (Lipinski definition) is 2. The molecule has 2 aromatic carbocycles. The van der Waals surface area contributed by atoms with Crippen LogP contribution in [0.5, 0.6) is 0 Å². The number of rotatable bonds is 7. The van der Waals surface area contributed by atoms with Crippen LogP contribution in [0.3, 0.4) is 0 Å². The van der Waals surface area contributed by atoms with Crippen LogP contribution in [0.2, 0.25) is 0 Å². The monoisotopic (exact) mass is 333 g/mol. The normalized spacial score (nSPS) is 10.8. The number of aromatic nitrogens is 2. The van der Waals surface area contributed by atoms with E-state index in [1.54, 1.807) is 6.92 Å². The third kappa shape index (κ3) is 4.15. The van der Waals surface area contributed by atoms with Crippen LogP contribution in [0.4, 0.5) is 0 Å². The van der Waals surface area contributed by atoms with Crippen LogP contribution >= 0.6 is 0 Å². The summed E-state index contributed by atoms with van der Waals surface area (Å²) in [6.07, 6.45) is 1.66. The Kier molecular flexibility index (Phi) is 5.29. The van der Waals surface area contributed by atoms with Gasteiger partial charge >= 0.3 is 0 Å². The molecule has 0 unspecified atom stereocenters. The van der Waals surface area contributed by atoms with Gasteiger partial charge < -0.3 is 9.88 Å². The van der Waals surface area contributed by atoms with Gasteiger partial charge in [-0.3, -0.25) is 4.79 Å². The van der Waals surface area contributed by atoms with Crippen LogP contribution in [-0.4, -0.2) is 22.0 Å². The van der Waals surface area contributed by atoms with Gasteiger partial charge in [0.15, 0.2) is 0 Å². The summed E-state index contributed by atoms with van der Waals surface area (Å²) in [5, 5.41) is 2.88. The number of nitrogens with zero attached hydrogens (tertiary/aromatic N) is 2. The van der Waals surface area contributed by atoms with Crippen molar-refractivity contribution in [3.63, 3.8) is 0 Å². The third-order valence-corrected chi connectivity index (χ3v) is 4.17. The van der Waals surface area contributed by atoms with Crippen LogP contribution in [-0.2, 0) is 17.8 Å². The molecule has 25 heavy (non-hydrogen) atoms. The summed E-state index contributed by atoms with van der Waals surface area (Å²) in [7, 11) is 0. The van der Waals surface area contributed by atoms with Gasteiger partial charge in [0.2, 0.25) is 5.91 Å². The molecule has 4 nitrogen and oxygen atoms in total. The number of carbonyl (C=O) groups excluding carboxylic acids is 1. The van der Waals surface area contributed by atoms with E-state index < -0.39 is 0 Å². The quantitative estimate of drug-likeness (QED) is 0.529. The Morgan fingerprint density at radius 2 is 1.84 bits per heavy atom. The fourth-order valence-corrected chi connectivity index (χ4v) is 2.86. The number of amides is 1. The molecule has 0 atom stereocenters.